The average Bonchev–Trinajstić information content (AvgIpc) is 3.77. The first-order valence-corrected chi connectivity index (χ1v) is 13.7. The summed E-state index contributed by atoms with van der Waals surface area (Å²) in [5, 5.41) is 0. The number of nitrogens with zero attached hydrogens (tertiary/aromatic N) is 8. The van der Waals surface area contributed by atoms with Crippen LogP contribution in [-0.2, 0) is 25.7 Å². The number of methoxy groups -OCH3 is 2. The van der Waals surface area contributed by atoms with E-state index in [1.807, 2.05) is 17.0 Å². The smallest absolute Gasteiger partial charge is 0.434 e. The molecule has 220 valence electrons. The van der Waals surface area contributed by atoms with Crippen LogP contribution in [0.3, 0.4) is 0 Å². The quantitative estimate of drug-likeness (QED) is 0.309. The first kappa shape index (κ1) is 27.8. The van der Waals surface area contributed by atoms with Crippen molar-refractivity contribution in [3.63, 3.8) is 0 Å². The predicted octanol–water partition coefficient (Wildman–Crippen LogP) is 4.02. The van der Waals surface area contributed by atoms with Crippen LogP contribution in [0.1, 0.15) is 47.7 Å². The lowest BCUT2D eigenvalue weighted by atomic mass is 9.98. The van der Waals surface area contributed by atoms with Crippen molar-refractivity contribution in [3.8, 4) is 34.4 Å². The Morgan fingerprint density at radius 3 is 2.57 bits per heavy atom. The van der Waals surface area contributed by atoms with E-state index in [-0.39, 0.29) is 5.82 Å². The van der Waals surface area contributed by atoms with Crippen molar-refractivity contribution in [1.82, 2.24) is 34.5 Å². The summed E-state index contributed by atoms with van der Waals surface area (Å²) in [5.74, 6) is 2.40. The molecular weight excluding hydrogens is 551 g/mol. The molecule has 4 heterocycles. The third kappa shape index (κ3) is 5.22. The SMILES string of the molecule is COc1ncnc(C2CC2)c1-c1ncnc(N(CCN)Cc2ccc3c(c2OC)CCCn2cc(C(F)(F)F)nc2-3)n1. The van der Waals surface area contributed by atoms with E-state index in [1.54, 1.807) is 18.8 Å². The lowest BCUT2D eigenvalue weighted by Gasteiger charge is -2.24. The molecule has 0 spiro atoms. The number of anilines is 1. The van der Waals surface area contributed by atoms with Gasteiger partial charge in [0.2, 0.25) is 11.8 Å². The van der Waals surface area contributed by atoms with Gasteiger partial charge < -0.3 is 24.7 Å². The molecule has 14 heteroatoms. The Kier molecular flexibility index (Phi) is 7.39. The number of benzene rings is 1. The highest BCUT2D eigenvalue weighted by Gasteiger charge is 2.36. The van der Waals surface area contributed by atoms with Crippen molar-refractivity contribution in [2.75, 3.05) is 32.2 Å². The number of ether oxygens (including phenoxy) is 2. The number of hydrogen-bond acceptors (Lipinski definition) is 10. The molecule has 42 heavy (non-hydrogen) atoms. The molecular formula is C28H30F3N9O2. The van der Waals surface area contributed by atoms with Crippen LogP contribution in [0.2, 0.25) is 0 Å². The van der Waals surface area contributed by atoms with Gasteiger partial charge in [-0.15, -0.1) is 0 Å². The highest BCUT2D eigenvalue weighted by atomic mass is 19.4. The van der Waals surface area contributed by atoms with Crippen molar-refractivity contribution >= 4 is 5.95 Å². The summed E-state index contributed by atoms with van der Waals surface area (Å²) in [4.78, 5) is 28.3. The largest absolute Gasteiger partial charge is 0.496 e. The van der Waals surface area contributed by atoms with Crippen LogP contribution in [0.5, 0.6) is 11.6 Å². The summed E-state index contributed by atoms with van der Waals surface area (Å²) in [6.45, 7) is 1.53. The summed E-state index contributed by atoms with van der Waals surface area (Å²) >= 11 is 0. The summed E-state index contributed by atoms with van der Waals surface area (Å²) < 4.78 is 53.3. The number of nitrogens with two attached hydrogens (primary N) is 1. The van der Waals surface area contributed by atoms with Crippen LogP contribution >= 0.6 is 0 Å². The zero-order chi connectivity index (χ0) is 29.4. The fourth-order valence-electron chi connectivity index (χ4n) is 5.46. The topological polar surface area (TPSA) is 130 Å². The van der Waals surface area contributed by atoms with Crippen molar-refractivity contribution in [2.45, 2.75) is 50.9 Å². The maximum absolute atomic E-state index is 13.4. The van der Waals surface area contributed by atoms with E-state index >= 15 is 0 Å². The van der Waals surface area contributed by atoms with Crippen molar-refractivity contribution < 1.29 is 22.6 Å². The van der Waals surface area contributed by atoms with E-state index < -0.39 is 11.9 Å². The van der Waals surface area contributed by atoms with Crippen LogP contribution < -0.4 is 20.1 Å². The zero-order valence-electron chi connectivity index (χ0n) is 23.2. The van der Waals surface area contributed by atoms with Gasteiger partial charge >= 0.3 is 6.18 Å². The Morgan fingerprint density at radius 1 is 1.05 bits per heavy atom. The lowest BCUT2D eigenvalue weighted by molar-refractivity contribution is -0.140. The molecule has 1 aliphatic carbocycles. The molecule has 0 saturated heterocycles. The maximum Gasteiger partial charge on any atom is 0.434 e. The molecule has 0 amide bonds. The van der Waals surface area contributed by atoms with Gasteiger partial charge in [-0.2, -0.15) is 18.2 Å². The van der Waals surface area contributed by atoms with Gasteiger partial charge in [0, 0.05) is 55.0 Å². The second-order valence-corrected chi connectivity index (χ2v) is 10.3. The highest BCUT2D eigenvalue weighted by molar-refractivity contribution is 5.69. The molecule has 1 fully saturated rings. The number of aryl methyl sites for hydroxylation is 1. The van der Waals surface area contributed by atoms with Crippen LogP contribution in [0.15, 0.2) is 31.0 Å². The Bertz CT molecular complexity index is 1600. The van der Waals surface area contributed by atoms with Crippen molar-refractivity contribution in [3.05, 3.63) is 53.5 Å². The number of imidazole rings is 1. The maximum atomic E-state index is 13.4. The lowest BCUT2D eigenvalue weighted by Crippen LogP contribution is -2.31. The molecule has 0 bridgehead atoms. The van der Waals surface area contributed by atoms with E-state index in [2.05, 4.69) is 24.9 Å². The minimum absolute atomic E-state index is 0.283. The number of aromatic nitrogens is 7. The minimum atomic E-state index is -4.52. The molecule has 3 aromatic heterocycles. The molecule has 1 saturated carbocycles. The summed E-state index contributed by atoms with van der Waals surface area (Å²) in [6, 6.07) is 3.66. The number of hydrogen-bond donors (Lipinski definition) is 1. The highest BCUT2D eigenvalue weighted by Crippen LogP contribution is 2.45. The number of rotatable bonds is 9. The Labute approximate surface area is 240 Å². The van der Waals surface area contributed by atoms with Crippen LogP contribution in [-0.4, -0.2) is 61.8 Å². The van der Waals surface area contributed by atoms with Crippen LogP contribution in [0, 0.1) is 0 Å². The minimum Gasteiger partial charge on any atom is -0.496 e. The second kappa shape index (κ2) is 11.2. The normalized spacial score (nSPS) is 14.6. The molecule has 1 aromatic carbocycles. The molecule has 4 aromatic rings. The van der Waals surface area contributed by atoms with Gasteiger partial charge in [-0.1, -0.05) is 12.1 Å². The van der Waals surface area contributed by atoms with E-state index in [1.165, 1.54) is 12.7 Å². The second-order valence-electron chi connectivity index (χ2n) is 10.3. The molecule has 0 radical (unpaired) electrons. The first-order valence-electron chi connectivity index (χ1n) is 13.7. The van der Waals surface area contributed by atoms with Gasteiger partial charge in [-0.3, -0.25) is 0 Å². The molecule has 0 atom stereocenters. The fourth-order valence-corrected chi connectivity index (χ4v) is 5.46. The van der Waals surface area contributed by atoms with E-state index in [4.69, 9.17) is 20.2 Å². The van der Waals surface area contributed by atoms with Crippen molar-refractivity contribution in [2.24, 2.45) is 5.73 Å². The average molecular weight is 582 g/mol. The molecule has 0 unspecified atom stereocenters. The monoisotopic (exact) mass is 581 g/mol. The number of fused-ring (bicyclic) bond motifs is 3. The van der Waals surface area contributed by atoms with Gasteiger partial charge in [0.15, 0.2) is 11.5 Å². The predicted molar refractivity (Wildman–Crippen MR) is 147 cm³/mol. The van der Waals surface area contributed by atoms with E-state index in [9.17, 15) is 13.2 Å². The number of halogens is 3. The summed E-state index contributed by atoms with van der Waals surface area (Å²) in [6.07, 6.45) is 2.80. The van der Waals surface area contributed by atoms with Crippen LogP contribution in [0.25, 0.3) is 22.8 Å². The third-order valence-corrected chi connectivity index (χ3v) is 7.50. The number of alkyl halides is 3. The Morgan fingerprint density at radius 2 is 1.86 bits per heavy atom. The third-order valence-electron chi connectivity index (χ3n) is 7.50. The van der Waals surface area contributed by atoms with E-state index in [0.29, 0.717) is 79.5 Å². The van der Waals surface area contributed by atoms with E-state index in [0.717, 1.165) is 35.9 Å². The van der Waals surface area contributed by atoms with Crippen LogP contribution in [0.4, 0.5) is 19.1 Å². The van der Waals surface area contributed by atoms with Gasteiger partial charge in [-0.25, -0.2) is 24.9 Å². The zero-order valence-corrected chi connectivity index (χ0v) is 23.2. The van der Waals surface area contributed by atoms with Gasteiger partial charge in [-0.05, 0) is 25.7 Å². The van der Waals surface area contributed by atoms with Gasteiger partial charge in [0.05, 0.1) is 19.9 Å². The van der Waals surface area contributed by atoms with Gasteiger partial charge in [0.25, 0.3) is 0 Å². The molecule has 1 aliphatic heterocycles. The molecule has 2 aliphatic rings. The molecule has 11 nitrogen and oxygen atoms in total. The standard InChI is InChI=1S/C28H30F3N9O2/c1-41-23-17(7-8-19-18(23)4-3-10-39-13-20(28(29,30)31)37-25(19)39)12-40(11-9-32)27-36-15-34-24(38-27)21-22(16-5-6-16)33-14-35-26(21)42-2/h7-8,13-16H,3-6,9-12,32H2,1-2H3. The summed E-state index contributed by atoms with van der Waals surface area (Å²) in [7, 11) is 3.11. The summed E-state index contributed by atoms with van der Waals surface area (Å²) in [5.41, 5.74) is 8.85. The molecule has 6 rings (SSSR count). The fraction of sp³-hybridized carbons (Fsp3) is 0.429. The first-order chi connectivity index (χ1) is 20.3. The molecule has 2 N–H and O–H groups in total. The Balaban J connectivity index is 1.37. The Hall–Kier alpha value is -4.33. The van der Waals surface area contributed by atoms with Gasteiger partial charge in [0.1, 0.15) is 29.8 Å². The van der Waals surface area contributed by atoms with Crippen molar-refractivity contribution in [1.29, 1.82) is 0 Å².